The minimum Gasteiger partial charge on any atom is -0.502 e. The summed E-state index contributed by atoms with van der Waals surface area (Å²) in [4.78, 5) is 59.0. The van der Waals surface area contributed by atoms with Crippen LogP contribution in [0.15, 0.2) is 72.3 Å². The molecule has 3 aromatic carbocycles. The predicted molar refractivity (Wildman–Crippen MR) is 182 cm³/mol. The van der Waals surface area contributed by atoms with Crippen LogP contribution in [0.4, 0.5) is 11.4 Å². The van der Waals surface area contributed by atoms with Gasteiger partial charge in [-0.2, -0.15) is 0 Å². The number of benzene rings is 3. The lowest BCUT2D eigenvalue weighted by molar-refractivity contribution is -0.126. The first-order valence-electron chi connectivity index (χ1n) is 14.6. The Balaban J connectivity index is 1.36. The molecule has 2 aliphatic heterocycles. The number of ether oxygens (including phenoxy) is 2. The number of phenols is 1. The summed E-state index contributed by atoms with van der Waals surface area (Å²) in [7, 11) is 2.86. The van der Waals surface area contributed by atoms with Crippen LogP contribution in [-0.4, -0.2) is 43.0 Å². The highest BCUT2D eigenvalue weighted by molar-refractivity contribution is 14.1. The number of halogens is 2. The molecular weight excluding hydrogens is 802 g/mol. The van der Waals surface area contributed by atoms with Crippen LogP contribution in [0.2, 0.25) is 0 Å². The van der Waals surface area contributed by atoms with E-state index in [0.29, 0.717) is 23.4 Å². The monoisotopic (exact) mass is 830 g/mol. The highest BCUT2D eigenvalue weighted by Crippen LogP contribution is 2.59. The summed E-state index contributed by atoms with van der Waals surface area (Å²) < 4.78 is 12.9. The van der Waals surface area contributed by atoms with Crippen LogP contribution in [-0.2, 0) is 19.2 Å². The van der Waals surface area contributed by atoms with Gasteiger partial charge in [-0.3, -0.25) is 29.0 Å². The molecule has 4 amide bonds. The fourth-order valence-corrected chi connectivity index (χ4v) is 8.47. The largest absolute Gasteiger partial charge is 0.502 e. The molecule has 0 radical (unpaired) electrons. The van der Waals surface area contributed by atoms with Gasteiger partial charge in [0.1, 0.15) is 0 Å². The van der Waals surface area contributed by atoms with Gasteiger partial charge in [0.15, 0.2) is 11.5 Å². The molecule has 0 aromatic heterocycles. The summed E-state index contributed by atoms with van der Waals surface area (Å²) >= 11 is 4.35. The number of rotatable bonds is 5. The molecule has 3 aromatic rings. The van der Waals surface area contributed by atoms with E-state index in [2.05, 4.69) is 45.2 Å². The second-order valence-electron chi connectivity index (χ2n) is 11.8. The average molecular weight is 830 g/mol. The average Bonchev–Trinajstić information content (AvgIpc) is 3.44. The van der Waals surface area contributed by atoms with E-state index in [1.54, 1.807) is 36.4 Å². The molecule has 6 unspecified atom stereocenters. The maximum absolute atomic E-state index is 14.3. The first-order valence-corrected chi connectivity index (χ1v) is 16.7. The smallest absolute Gasteiger partial charge is 0.238 e. The van der Waals surface area contributed by atoms with E-state index in [1.807, 2.05) is 30.3 Å². The van der Waals surface area contributed by atoms with E-state index >= 15 is 0 Å². The van der Waals surface area contributed by atoms with Crippen LogP contribution in [0, 0.1) is 36.7 Å². The van der Waals surface area contributed by atoms with Gasteiger partial charge in [0, 0.05) is 13.1 Å². The van der Waals surface area contributed by atoms with Gasteiger partial charge in [-0.05, 0) is 130 Å². The first-order chi connectivity index (χ1) is 21.6. The SMILES string of the molecule is COc1cc(C2C3=CCC4C(=O)N(c5ccc(I)cc5)C(=O)C4C3CC3C(=O)N(c4ccc(I)cc4)C(=O)C32)cc(OC)c1O. The van der Waals surface area contributed by atoms with E-state index in [-0.39, 0.29) is 47.3 Å². The normalized spacial score (nSPS) is 27.2. The van der Waals surface area contributed by atoms with Crippen molar-refractivity contribution in [2.45, 2.75) is 18.8 Å². The van der Waals surface area contributed by atoms with Crippen molar-refractivity contribution >= 4 is 80.2 Å². The number of aromatic hydroxyl groups is 1. The fraction of sp³-hybridized carbons (Fsp3) is 0.294. The van der Waals surface area contributed by atoms with E-state index in [0.717, 1.165) is 12.7 Å². The van der Waals surface area contributed by atoms with Crippen molar-refractivity contribution in [1.29, 1.82) is 0 Å². The van der Waals surface area contributed by atoms with Gasteiger partial charge >= 0.3 is 0 Å². The van der Waals surface area contributed by atoms with Crippen LogP contribution in [0.5, 0.6) is 17.2 Å². The second-order valence-corrected chi connectivity index (χ2v) is 14.3. The number of hydrogen-bond donors (Lipinski definition) is 1. The van der Waals surface area contributed by atoms with Crippen molar-refractivity contribution in [3.63, 3.8) is 0 Å². The Hall–Kier alpha value is -3.46. The zero-order chi connectivity index (χ0) is 31.7. The molecule has 11 heteroatoms. The molecule has 1 N–H and O–H groups in total. The lowest BCUT2D eigenvalue weighted by Crippen LogP contribution is -2.43. The van der Waals surface area contributed by atoms with Crippen molar-refractivity contribution < 1.29 is 33.8 Å². The van der Waals surface area contributed by atoms with Gasteiger partial charge in [-0.1, -0.05) is 11.6 Å². The van der Waals surface area contributed by atoms with Gasteiger partial charge in [-0.25, -0.2) is 0 Å². The van der Waals surface area contributed by atoms with Crippen LogP contribution >= 0.6 is 45.2 Å². The number of carbonyl (C=O) groups excluding carboxylic acids is 4. The first kappa shape index (κ1) is 30.2. The fourth-order valence-electron chi connectivity index (χ4n) is 7.75. The number of fused-ring (bicyclic) bond motifs is 4. The molecule has 4 aliphatic rings. The van der Waals surface area contributed by atoms with Crippen LogP contribution < -0.4 is 19.3 Å². The number of anilines is 2. The Morgan fingerprint density at radius 2 is 1.18 bits per heavy atom. The van der Waals surface area contributed by atoms with Gasteiger partial charge in [0.25, 0.3) is 0 Å². The van der Waals surface area contributed by atoms with E-state index in [1.165, 1.54) is 24.0 Å². The van der Waals surface area contributed by atoms with Gasteiger partial charge < -0.3 is 14.6 Å². The lowest BCUT2D eigenvalue weighted by Gasteiger charge is -2.44. The molecule has 6 atom stereocenters. The van der Waals surface area contributed by atoms with Crippen molar-refractivity contribution in [2.75, 3.05) is 24.0 Å². The Morgan fingerprint density at radius 1 is 0.689 bits per heavy atom. The Bertz CT molecular complexity index is 1760. The van der Waals surface area contributed by atoms with Crippen LogP contribution in [0.1, 0.15) is 24.3 Å². The molecule has 2 heterocycles. The summed E-state index contributed by atoms with van der Waals surface area (Å²) in [5.74, 6) is -4.78. The molecule has 3 fully saturated rings. The number of nitrogens with zero attached hydrogens (tertiary/aromatic N) is 2. The molecule has 2 saturated heterocycles. The summed E-state index contributed by atoms with van der Waals surface area (Å²) in [6, 6.07) is 17.8. The van der Waals surface area contributed by atoms with E-state index in [4.69, 9.17) is 9.47 Å². The van der Waals surface area contributed by atoms with E-state index in [9.17, 15) is 24.3 Å². The Labute approximate surface area is 286 Å². The second kappa shape index (κ2) is 11.4. The summed E-state index contributed by atoms with van der Waals surface area (Å²) in [6.07, 6.45) is 2.60. The molecule has 1 saturated carbocycles. The quantitative estimate of drug-likeness (QED) is 0.201. The molecule has 9 nitrogen and oxygen atoms in total. The highest BCUT2D eigenvalue weighted by atomic mass is 127. The zero-order valence-electron chi connectivity index (χ0n) is 24.3. The standard InChI is InChI=1S/C34H28I2N2O7/c1-44-25-13-16(14-26(45-2)30(25)39)27-21-11-12-22-28(33(42)37(31(22)40)19-7-3-17(35)4-8-19)23(21)15-24-29(27)34(43)38(32(24)41)20-9-5-18(36)6-10-20/h3-11,13-14,22-24,27-29,39H,12,15H2,1-2H3. The lowest BCUT2D eigenvalue weighted by atomic mass is 9.57. The molecule has 7 rings (SSSR count). The van der Waals surface area contributed by atoms with E-state index < -0.39 is 35.5 Å². The summed E-state index contributed by atoms with van der Waals surface area (Å²) in [5, 5.41) is 10.7. The number of amides is 4. The van der Waals surface area contributed by atoms with Crippen molar-refractivity contribution in [2.24, 2.45) is 29.6 Å². The van der Waals surface area contributed by atoms with Crippen molar-refractivity contribution in [1.82, 2.24) is 0 Å². The molecule has 2 aliphatic carbocycles. The minimum absolute atomic E-state index is 0.167. The summed E-state index contributed by atoms with van der Waals surface area (Å²) in [5.41, 5.74) is 2.49. The van der Waals surface area contributed by atoms with Crippen molar-refractivity contribution in [3.8, 4) is 17.2 Å². The molecule has 45 heavy (non-hydrogen) atoms. The topological polar surface area (TPSA) is 113 Å². The number of allylic oxidation sites excluding steroid dienone is 2. The predicted octanol–water partition coefficient (Wildman–Crippen LogP) is 5.66. The van der Waals surface area contributed by atoms with Crippen molar-refractivity contribution in [3.05, 3.63) is 85.0 Å². The van der Waals surface area contributed by atoms with Crippen LogP contribution in [0.25, 0.3) is 0 Å². The minimum atomic E-state index is -0.755. The molecular formula is C34H28I2N2O7. The molecule has 230 valence electrons. The third-order valence-electron chi connectivity index (χ3n) is 9.68. The third-order valence-corrected chi connectivity index (χ3v) is 11.1. The maximum atomic E-state index is 14.3. The van der Waals surface area contributed by atoms with Crippen LogP contribution in [0.3, 0.4) is 0 Å². The number of phenolic OH excluding ortho intramolecular Hbond substituents is 1. The zero-order valence-corrected chi connectivity index (χ0v) is 28.6. The number of hydrogen-bond acceptors (Lipinski definition) is 7. The maximum Gasteiger partial charge on any atom is 0.238 e. The Morgan fingerprint density at radius 3 is 1.69 bits per heavy atom. The van der Waals surface area contributed by atoms with Gasteiger partial charge in [-0.15, -0.1) is 0 Å². The highest BCUT2D eigenvalue weighted by Gasteiger charge is 2.62. The third kappa shape index (κ3) is 4.67. The molecule has 0 bridgehead atoms. The number of imide groups is 2. The summed E-state index contributed by atoms with van der Waals surface area (Å²) in [6.45, 7) is 0. The molecule has 0 spiro atoms. The van der Waals surface area contributed by atoms with Gasteiger partial charge in [0.2, 0.25) is 29.4 Å². The number of carbonyl (C=O) groups is 4. The Kier molecular flexibility index (Phi) is 7.66. The van der Waals surface area contributed by atoms with Gasteiger partial charge in [0.05, 0.1) is 49.3 Å². The number of methoxy groups -OCH3 is 2.